The lowest BCUT2D eigenvalue weighted by molar-refractivity contribution is 0.131. The maximum atomic E-state index is 3.78. The average Bonchev–Trinajstić information content (AvgIpc) is 2.84. The molecule has 3 aliphatic rings. The number of rotatable bonds is 1. The van der Waals surface area contributed by atoms with E-state index < -0.39 is 0 Å². The standard InChI is InChI=1S/C16H31N3/c1-16(2,3)15-12-19(10-5-8-17-15)14-7-11-18-9-4-6-13(14)18/h13-15,17H,4-12H2,1-3H3. The smallest absolute Gasteiger partial charge is 0.0264 e. The second-order valence-electron chi connectivity index (χ2n) is 7.82. The van der Waals surface area contributed by atoms with Crippen molar-refractivity contribution < 1.29 is 0 Å². The maximum absolute atomic E-state index is 3.78. The Kier molecular flexibility index (Phi) is 3.89. The molecule has 3 rings (SSSR count). The molecule has 0 aromatic rings. The topological polar surface area (TPSA) is 18.5 Å². The van der Waals surface area contributed by atoms with Crippen LogP contribution in [0.25, 0.3) is 0 Å². The third-order valence-corrected chi connectivity index (χ3v) is 5.51. The quantitative estimate of drug-likeness (QED) is 0.781. The molecule has 3 aliphatic heterocycles. The van der Waals surface area contributed by atoms with Crippen molar-refractivity contribution in [3.63, 3.8) is 0 Å². The lowest BCUT2D eigenvalue weighted by Crippen LogP contribution is -2.51. The van der Waals surface area contributed by atoms with Crippen molar-refractivity contribution in [3.8, 4) is 0 Å². The van der Waals surface area contributed by atoms with Crippen LogP contribution >= 0.6 is 0 Å². The highest BCUT2D eigenvalue weighted by Crippen LogP contribution is 2.33. The van der Waals surface area contributed by atoms with Crippen LogP contribution < -0.4 is 5.32 Å². The van der Waals surface area contributed by atoms with Crippen LogP contribution in [0.3, 0.4) is 0 Å². The Morgan fingerprint density at radius 3 is 2.42 bits per heavy atom. The summed E-state index contributed by atoms with van der Waals surface area (Å²) in [5.41, 5.74) is 0.372. The SMILES string of the molecule is CC(C)(C)C1CN(C2CCN3CCCC23)CCCN1. The Balaban J connectivity index is 1.69. The molecule has 0 aromatic carbocycles. The molecule has 0 aromatic heterocycles. The summed E-state index contributed by atoms with van der Waals surface area (Å²) in [6.07, 6.45) is 5.59. The normalized spacial score (nSPS) is 38.4. The van der Waals surface area contributed by atoms with E-state index in [1.807, 2.05) is 0 Å². The van der Waals surface area contributed by atoms with Crippen molar-refractivity contribution in [3.05, 3.63) is 0 Å². The van der Waals surface area contributed by atoms with Gasteiger partial charge in [0, 0.05) is 31.2 Å². The predicted octanol–water partition coefficient (Wildman–Crippen LogP) is 1.93. The molecule has 19 heavy (non-hydrogen) atoms. The van der Waals surface area contributed by atoms with E-state index in [0.29, 0.717) is 11.5 Å². The number of hydrogen-bond acceptors (Lipinski definition) is 3. The van der Waals surface area contributed by atoms with Gasteiger partial charge in [0.05, 0.1) is 0 Å². The molecule has 3 heteroatoms. The monoisotopic (exact) mass is 265 g/mol. The molecule has 0 aliphatic carbocycles. The number of nitrogens with zero attached hydrogens (tertiary/aromatic N) is 2. The van der Waals surface area contributed by atoms with Crippen LogP contribution in [-0.2, 0) is 0 Å². The second-order valence-corrected chi connectivity index (χ2v) is 7.82. The molecular formula is C16H31N3. The lowest BCUT2D eigenvalue weighted by Gasteiger charge is -2.37. The van der Waals surface area contributed by atoms with Gasteiger partial charge in [-0.2, -0.15) is 0 Å². The molecule has 0 spiro atoms. The lowest BCUT2D eigenvalue weighted by atomic mass is 9.86. The largest absolute Gasteiger partial charge is 0.312 e. The van der Waals surface area contributed by atoms with Gasteiger partial charge in [-0.25, -0.2) is 0 Å². The van der Waals surface area contributed by atoms with Gasteiger partial charge >= 0.3 is 0 Å². The Labute approximate surface area is 118 Å². The minimum Gasteiger partial charge on any atom is -0.312 e. The number of hydrogen-bond donors (Lipinski definition) is 1. The van der Waals surface area contributed by atoms with Crippen LogP contribution in [0, 0.1) is 5.41 Å². The summed E-state index contributed by atoms with van der Waals surface area (Å²) >= 11 is 0. The molecule has 3 heterocycles. The van der Waals surface area contributed by atoms with Gasteiger partial charge in [0.2, 0.25) is 0 Å². The molecule has 3 atom stereocenters. The van der Waals surface area contributed by atoms with Gasteiger partial charge in [-0.1, -0.05) is 20.8 Å². The van der Waals surface area contributed by atoms with Crippen molar-refractivity contribution >= 4 is 0 Å². The first-order valence-corrected chi connectivity index (χ1v) is 8.27. The second kappa shape index (κ2) is 5.34. The summed E-state index contributed by atoms with van der Waals surface area (Å²) in [5, 5.41) is 3.78. The molecule has 0 radical (unpaired) electrons. The zero-order valence-corrected chi connectivity index (χ0v) is 13.0. The molecule has 0 bridgehead atoms. The fourth-order valence-corrected chi connectivity index (χ4v) is 4.31. The molecule has 3 fully saturated rings. The Morgan fingerprint density at radius 2 is 1.63 bits per heavy atom. The molecule has 1 N–H and O–H groups in total. The summed E-state index contributed by atoms with van der Waals surface area (Å²) in [5.74, 6) is 0. The highest BCUT2D eigenvalue weighted by molar-refractivity contribution is 4.99. The summed E-state index contributed by atoms with van der Waals surface area (Å²) in [7, 11) is 0. The zero-order valence-electron chi connectivity index (χ0n) is 13.0. The summed E-state index contributed by atoms with van der Waals surface area (Å²) in [6, 6.07) is 2.36. The van der Waals surface area contributed by atoms with E-state index in [9.17, 15) is 0 Å². The van der Waals surface area contributed by atoms with Crippen LogP contribution in [-0.4, -0.2) is 60.6 Å². The van der Waals surface area contributed by atoms with Gasteiger partial charge in [-0.3, -0.25) is 9.80 Å². The first-order chi connectivity index (χ1) is 9.05. The van der Waals surface area contributed by atoms with E-state index in [-0.39, 0.29) is 0 Å². The molecule has 3 nitrogen and oxygen atoms in total. The third kappa shape index (κ3) is 2.84. The highest BCUT2D eigenvalue weighted by atomic mass is 15.3. The van der Waals surface area contributed by atoms with E-state index in [1.165, 1.54) is 58.4 Å². The van der Waals surface area contributed by atoms with Crippen LogP contribution in [0.1, 0.15) is 46.5 Å². The summed E-state index contributed by atoms with van der Waals surface area (Å²) < 4.78 is 0. The first kappa shape index (κ1) is 13.8. The number of nitrogens with one attached hydrogen (secondary N) is 1. The van der Waals surface area contributed by atoms with Crippen molar-refractivity contribution in [1.29, 1.82) is 0 Å². The van der Waals surface area contributed by atoms with Gasteiger partial charge < -0.3 is 5.32 Å². The molecule has 3 unspecified atom stereocenters. The van der Waals surface area contributed by atoms with Gasteiger partial charge in [0.1, 0.15) is 0 Å². The Morgan fingerprint density at radius 1 is 0.895 bits per heavy atom. The summed E-state index contributed by atoms with van der Waals surface area (Å²) in [6.45, 7) is 13.6. The van der Waals surface area contributed by atoms with E-state index in [1.54, 1.807) is 0 Å². The predicted molar refractivity (Wildman–Crippen MR) is 80.4 cm³/mol. The van der Waals surface area contributed by atoms with Crippen LogP contribution in [0.4, 0.5) is 0 Å². The van der Waals surface area contributed by atoms with Crippen molar-refractivity contribution in [2.75, 3.05) is 32.7 Å². The summed E-state index contributed by atoms with van der Waals surface area (Å²) in [4.78, 5) is 5.57. The fourth-order valence-electron chi connectivity index (χ4n) is 4.31. The van der Waals surface area contributed by atoms with E-state index >= 15 is 0 Å². The van der Waals surface area contributed by atoms with Gasteiger partial charge in [-0.15, -0.1) is 0 Å². The van der Waals surface area contributed by atoms with Crippen molar-refractivity contribution in [2.24, 2.45) is 5.41 Å². The Bertz CT molecular complexity index is 310. The minimum atomic E-state index is 0.372. The van der Waals surface area contributed by atoms with Crippen LogP contribution in [0.15, 0.2) is 0 Å². The van der Waals surface area contributed by atoms with Crippen LogP contribution in [0.2, 0.25) is 0 Å². The van der Waals surface area contributed by atoms with Gasteiger partial charge in [0.15, 0.2) is 0 Å². The molecule has 3 saturated heterocycles. The molecular weight excluding hydrogens is 234 g/mol. The van der Waals surface area contributed by atoms with E-state index in [0.717, 1.165) is 12.1 Å². The fraction of sp³-hybridized carbons (Fsp3) is 1.00. The molecule has 110 valence electrons. The third-order valence-electron chi connectivity index (χ3n) is 5.51. The van der Waals surface area contributed by atoms with Crippen molar-refractivity contribution in [1.82, 2.24) is 15.1 Å². The average molecular weight is 265 g/mol. The first-order valence-electron chi connectivity index (χ1n) is 8.27. The Hall–Kier alpha value is -0.120. The van der Waals surface area contributed by atoms with Gasteiger partial charge in [-0.05, 0) is 50.7 Å². The van der Waals surface area contributed by atoms with Gasteiger partial charge in [0.25, 0.3) is 0 Å². The maximum Gasteiger partial charge on any atom is 0.0264 e. The zero-order chi connectivity index (χ0) is 13.5. The van der Waals surface area contributed by atoms with E-state index in [2.05, 4.69) is 35.9 Å². The molecule has 0 amide bonds. The minimum absolute atomic E-state index is 0.372. The highest BCUT2D eigenvalue weighted by Gasteiger charge is 2.41. The van der Waals surface area contributed by atoms with Crippen LogP contribution in [0.5, 0.6) is 0 Å². The number of fused-ring (bicyclic) bond motifs is 1. The van der Waals surface area contributed by atoms with Crippen molar-refractivity contribution in [2.45, 2.75) is 64.6 Å². The van der Waals surface area contributed by atoms with E-state index in [4.69, 9.17) is 0 Å². The molecule has 0 saturated carbocycles.